The van der Waals surface area contributed by atoms with Crippen LogP contribution in [0.1, 0.15) is 29.5 Å². The molecule has 1 atom stereocenters. The van der Waals surface area contributed by atoms with E-state index in [1.54, 1.807) is 7.05 Å². The van der Waals surface area contributed by atoms with Crippen LogP contribution in [0, 0.1) is 0 Å². The van der Waals surface area contributed by atoms with Crippen molar-refractivity contribution >= 4 is 5.91 Å². The Hall–Kier alpha value is -2.99. The van der Waals surface area contributed by atoms with Gasteiger partial charge >= 0.3 is 0 Å². The van der Waals surface area contributed by atoms with E-state index in [9.17, 15) is 4.79 Å². The van der Waals surface area contributed by atoms with Crippen molar-refractivity contribution < 1.29 is 9.32 Å². The van der Waals surface area contributed by atoms with Crippen molar-refractivity contribution in [1.82, 2.24) is 20.4 Å². The first-order valence-electron chi connectivity index (χ1n) is 9.62. The van der Waals surface area contributed by atoms with Crippen LogP contribution in [-0.2, 0) is 30.7 Å². The molecule has 1 aromatic heterocycles. The number of hydrogen-bond acceptors (Lipinski definition) is 5. The summed E-state index contributed by atoms with van der Waals surface area (Å²) in [7, 11) is 1.67. The topological polar surface area (TPSA) is 71.3 Å². The van der Waals surface area contributed by atoms with Gasteiger partial charge in [0, 0.05) is 19.2 Å². The molecule has 0 aliphatic carbocycles. The summed E-state index contributed by atoms with van der Waals surface area (Å²) in [6.45, 7) is 3.24. The number of carbonyl (C=O) groups excluding carboxylic acids is 1. The molecule has 1 aliphatic rings. The third-order valence-corrected chi connectivity index (χ3v) is 5.32. The Kier molecular flexibility index (Phi) is 5.21. The summed E-state index contributed by atoms with van der Waals surface area (Å²) < 4.78 is 5.49. The Bertz CT molecular complexity index is 965. The van der Waals surface area contributed by atoms with Gasteiger partial charge in [-0.1, -0.05) is 60.6 Å². The standard InChI is InChI=1S/C22H24N4O2/c1-3-15-8-10-16(11-9-15)21-24-20(28-25-21)14-26-13-18-7-5-4-6-17(18)12-19(26)22(27)23-2/h4-11,19H,3,12-14H2,1-2H3,(H,23,27)/t19-/m0/s1. The number of fused-ring (bicyclic) bond motifs is 1. The molecule has 0 saturated heterocycles. The van der Waals surface area contributed by atoms with Crippen molar-refractivity contribution in [2.24, 2.45) is 0 Å². The van der Waals surface area contributed by atoms with E-state index in [-0.39, 0.29) is 11.9 Å². The minimum Gasteiger partial charge on any atom is -0.358 e. The average molecular weight is 376 g/mol. The van der Waals surface area contributed by atoms with E-state index in [0.29, 0.717) is 31.2 Å². The quantitative estimate of drug-likeness (QED) is 0.741. The number of aryl methyl sites for hydroxylation is 1. The number of carbonyl (C=O) groups is 1. The summed E-state index contributed by atoms with van der Waals surface area (Å²) in [5, 5.41) is 6.90. The number of amides is 1. The summed E-state index contributed by atoms with van der Waals surface area (Å²) in [5.41, 5.74) is 4.65. The molecule has 0 bridgehead atoms. The fourth-order valence-electron chi connectivity index (χ4n) is 3.67. The summed E-state index contributed by atoms with van der Waals surface area (Å²) in [5.74, 6) is 1.10. The van der Waals surface area contributed by atoms with Crippen LogP contribution in [0.2, 0.25) is 0 Å². The molecular formula is C22H24N4O2. The van der Waals surface area contributed by atoms with Crippen LogP contribution in [-0.4, -0.2) is 34.0 Å². The van der Waals surface area contributed by atoms with E-state index < -0.39 is 0 Å². The van der Waals surface area contributed by atoms with E-state index in [1.165, 1.54) is 16.7 Å². The molecule has 6 heteroatoms. The lowest BCUT2D eigenvalue weighted by Crippen LogP contribution is -2.49. The molecule has 2 heterocycles. The molecule has 28 heavy (non-hydrogen) atoms. The second-order valence-corrected chi connectivity index (χ2v) is 7.07. The fourth-order valence-corrected chi connectivity index (χ4v) is 3.67. The molecule has 1 N–H and O–H groups in total. The second kappa shape index (κ2) is 7.94. The molecule has 0 radical (unpaired) electrons. The average Bonchev–Trinajstić information content (AvgIpc) is 3.21. The van der Waals surface area contributed by atoms with Gasteiger partial charge in [-0.2, -0.15) is 4.98 Å². The van der Waals surface area contributed by atoms with Gasteiger partial charge in [-0.05, 0) is 29.5 Å². The summed E-state index contributed by atoms with van der Waals surface area (Å²) in [6.07, 6.45) is 1.67. The van der Waals surface area contributed by atoms with Crippen molar-refractivity contribution in [3.05, 3.63) is 71.1 Å². The molecule has 0 unspecified atom stereocenters. The zero-order valence-electron chi connectivity index (χ0n) is 16.2. The SMILES string of the molecule is CCc1ccc(-c2noc(CN3Cc4ccccc4C[C@H]3C(=O)NC)n2)cc1. The summed E-state index contributed by atoms with van der Waals surface area (Å²) in [6, 6.07) is 16.2. The van der Waals surface area contributed by atoms with Gasteiger partial charge in [-0.15, -0.1) is 0 Å². The van der Waals surface area contributed by atoms with Crippen molar-refractivity contribution in [2.45, 2.75) is 38.9 Å². The van der Waals surface area contributed by atoms with E-state index in [4.69, 9.17) is 4.52 Å². The fraction of sp³-hybridized carbons (Fsp3) is 0.318. The van der Waals surface area contributed by atoms with Crippen LogP contribution >= 0.6 is 0 Å². The Morgan fingerprint density at radius 2 is 1.93 bits per heavy atom. The predicted molar refractivity (Wildman–Crippen MR) is 106 cm³/mol. The van der Waals surface area contributed by atoms with Crippen molar-refractivity contribution in [3.63, 3.8) is 0 Å². The third kappa shape index (κ3) is 3.68. The first-order valence-corrected chi connectivity index (χ1v) is 9.62. The molecule has 3 aromatic rings. The third-order valence-electron chi connectivity index (χ3n) is 5.32. The molecule has 4 rings (SSSR count). The molecular weight excluding hydrogens is 352 g/mol. The maximum Gasteiger partial charge on any atom is 0.241 e. The Morgan fingerprint density at radius 1 is 1.18 bits per heavy atom. The first kappa shape index (κ1) is 18.4. The first-order chi connectivity index (χ1) is 13.7. The molecule has 6 nitrogen and oxygen atoms in total. The van der Waals surface area contributed by atoms with Gasteiger partial charge < -0.3 is 9.84 Å². The number of nitrogens with zero attached hydrogens (tertiary/aromatic N) is 3. The van der Waals surface area contributed by atoms with E-state index in [2.05, 4.69) is 51.5 Å². The van der Waals surface area contributed by atoms with Gasteiger partial charge in [0.1, 0.15) is 0 Å². The maximum atomic E-state index is 12.4. The van der Waals surface area contributed by atoms with Crippen LogP contribution in [0.15, 0.2) is 53.1 Å². The largest absolute Gasteiger partial charge is 0.358 e. The van der Waals surface area contributed by atoms with Gasteiger partial charge in [0.15, 0.2) is 0 Å². The summed E-state index contributed by atoms with van der Waals surface area (Å²) in [4.78, 5) is 19.1. The molecule has 144 valence electrons. The number of rotatable bonds is 5. The van der Waals surface area contributed by atoms with E-state index in [1.807, 2.05) is 24.3 Å². The van der Waals surface area contributed by atoms with Gasteiger partial charge in [-0.3, -0.25) is 9.69 Å². The molecule has 0 spiro atoms. The minimum atomic E-state index is -0.251. The highest BCUT2D eigenvalue weighted by Crippen LogP contribution is 2.25. The van der Waals surface area contributed by atoms with Gasteiger partial charge in [0.05, 0.1) is 12.6 Å². The van der Waals surface area contributed by atoms with Crippen LogP contribution in [0.5, 0.6) is 0 Å². The zero-order chi connectivity index (χ0) is 19.5. The normalized spacial score (nSPS) is 16.6. The Morgan fingerprint density at radius 3 is 2.64 bits per heavy atom. The Labute approximate surface area is 164 Å². The Balaban J connectivity index is 1.55. The van der Waals surface area contributed by atoms with Crippen LogP contribution in [0.3, 0.4) is 0 Å². The predicted octanol–water partition coefficient (Wildman–Crippen LogP) is 2.97. The smallest absolute Gasteiger partial charge is 0.241 e. The molecule has 2 aromatic carbocycles. The highest BCUT2D eigenvalue weighted by molar-refractivity contribution is 5.82. The van der Waals surface area contributed by atoms with Crippen molar-refractivity contribution in [2.75, 3.05) is 7.05 Å². The van der Waals surface area contributed by atoms with Gasteiger partial charge in [0.2, 0.25) is 17.6 Å². The zero-order valence-corrected chi connectivity index (χ0v) is 16.2. The number of aromatic nitrogens is 2. The molecule has 1 amide bonds. The van der Waals surface area contributed by atoms with Gasteiger partial charge in [-0.25, -0.2) is 0 Å². The highest BCUT2D eigenvalue weighted by Gasteiger charge is 2.32. The maximum absolute atomic E-state index is 12.4. The highest BCUT2D eigenvalue weighted by atomic mass is 16.5. The number of likely N-dealkylation sites (N-methyl/N-ethyl adjacent to an activating group) is 1. The van der Waals surface area contributed by atoms with Crippen LogP contribution in [0.25, 0.3) is 11.4 Å². The van der Waals surface area contributed by atoms with Crippen LogP contribution in [0.4, 0.5) is 0 Å². The van der Waals surface area contributed by atoms with Crippen molar-refractivity contribution in [1.29, 1.82) is 0 Å². The number of benzene rings is 2. The van der Waals surface area contributed by atoms with E-state index >= 15 is 0 Å². The van der Waals surface area contributed by atoms with Gasteiger partial charge in [0.25, 0.3) is 0 Å². The lowest BCUT2D eigenvalue weighted by Gasteiger charge is -2.34. The molecule has 1 aliphatic heterocycles. The minimum absolute atomic E-state index is 0.00407. The number of nitrogens with one attached hydrogen (secondary N) is 1. The molecule has 0 fully saturated rings. The van der Waals surface area contributed by atoms with Crippen LogP contribution < -0.4 is 5.32 Å². The monoisotopic (exact) mass is 376 g/mol. The molecule has 0 saturated carbocycles. The lowest BCUT2D eigenvalue weighted by atomic mass is 9.93. The van der Waals surface area contributed by atoms with E-state index in [0.717, 1.165) is 12.0 Å². The summed E-state index contributed by atoms with van der Waals surface area (Å²) >= 11 is 0. The second-order valence-electron chi connectivity index (χ2n) is 7.07. The lowest BCUT2D eigenvalue weighted by molar-refractivity contribution is -0.126. The van der Waals surface area contributed by atoms with Crippen molar-refractivity contribution in [3.8, 4) is 11.4 Å². The number of hydrogen-bond donors (Lipinski definition) is 1.